The van der Waals surface area contributed by atoms with E-state index in [9.17, 15) is 9.59 Å². The molecule has 4 nitrogen and oxygen atoms in total. The lowest BCUT2D eigenvalue weighted by Gasteiger charge is -2.21. The Kier molecular flexibility index (Phi) is 6.31. The fraction of sp³-hybridized carbons (Fsp3) is 0.143. The second-order valence-corrected chi connectivity index (χ2v) is 7.79. The van der Waals surface area contributed by atoms with Crippen LogP contribution in [-0.4, -0.2) is 17.0 Å². The van der Waals surface area contributed by atoms with Gasteiger partial charge >= 0.3 is 5.97 Å². The van der Waals surface area contributed by atoms with Crippen LogP contribution in [0, 0.1) is 0 Å². The molecular formula is C28H25NO3. The number of anilines is 1. The number of allylic oxidation sites excluding steroid dienone is 1. The molecule has 1 heterocycles. The van der Waals surface area contributed by atoms with E-state index in [0.29, 0.717) is 6.42 Å². The molecule has 1 aliphatic rings. The van der Waals surface area contributed by atoms with E-state index in [1.165, 1.54) is 11.1 Å². The quantitative estimate of drug-likeness (QED) is 0.375. The molecule has 0 saturated carbocycles. The summed E-state index contributed by atoms with van der Waals surface area (Å²) >= 11 is 0. The molecule has 0 atom stereocenters. The number of aryl methyl sites for hydroxylation is 1. The van der Waals surface area contributed by atoms with Crippen LogP contribution < -0.4 is 5.32 Å². The molecule has 160 valence electrons. The first-order valence-corrected chi connectivity index (χ1v) is 10.8. The molecule has 0 unspecified atom stereocenters. The van der Waals surface area contributed by atoms with E-state index in [4.69, 9.17) is 5.11 Å². The Hall–Kier alpha value is -3.92. The van der Waals surface area contributed by atoms with Crippen LogP contribution in [0.1, 0.15) is 47.6 Å². The number of carboxylic acids is 1. The molecule has 32 heavy (non-hydrogen) atoms. The van der Waals surface area contributed by atoms with Crippen LogP contribution in [0.25, 0.3) is 17.2 Å². The van der Waals surface area contributed by atoms with Crippen LogP contribution in [0.2, 0.25) is 0 Å². The number of rotatable bonds is 6. The van der Waals surface area contributed by atoms with Gasteiger partial charge in [0.05, 0.1) is 0 Å². The van der Waals surface area contributed by atoms with Gasteiger partial charge in [0.2, 0.25) is 5.91 Å². The van der Waals surface area contributed by atoms with Crippen molar-refractivity contribution in [3.63, 3.8) is 0 Å². The van der Waals surface area contributed by atoms with Gasteiger partial charge in [-0.3, -0.25) is 4.79 Å². The van der Waals surface area contributed by atoms with E-state index in [0.717, 1.165) is 52.4 Å². The first kappa shape index (κ1) is 21.3. The largest absolute Gasteiger partial charge is 0.478 e. The minimum absolute atomic E-state index is 0.0598. The number of carbonyl (C=O) groups excluding carboxylic acids is 1. The Morgan fingerprint density at radius 3 is 2.34 bits per heavy atom. The highest BCUT2D eigenvalue weighted by Crippen LogP contribution is 2.36. The van der Waals surface area contributed by atoms with Crippen molar-refractivity contribution in [2.75, 3.05) is 5.32 Å². The Labute approximate surface area is 187 Å². The molecule has 4 rings (SSSR count). The minimum atomic E-state index is -0.965. The highest BCUT2D eigenvalue weighted by Gasteiger charge is 2.18. The summed E-state index contributed by atoms with van der Waals surface area (Å²) in [5.41, 5.74) is 8.59. The smallest absolute Gasteiger partial charge is 0.328 e. The fourth-order valence-electron chi connectivity index (χ4n) is 4.15. The number of fused-ring (bicyclic) bond motifs is 1. The van der Waals surface area contributed by atoms with Crippen LogP contribution in [0.3, 0.4) is 0 Å². The number of hydrogen-bond donors (Lipinski definition) is 2. The maximum Gasteiger partial charge on any atom is 0.328 e. The zero-order chi connectivity index (χ0) is 22.5. The van der Waals surface area contributed by atoms with Crippen LogP contribution in [-0.2, 0) is 16.0 Å². The van der Waals surface area contributed by atoms with Gasteiger partial charge in [0.1, 0.15) is 0 Å². The average Bonchev–Trinajstić information content (AvgIpc) is 2.82. The molecule has 0 aromatic heterocycles. The number of carbonyl (C=O) groups is 2. The predicted molar refractivity (Wildman–Crippen MR) is 129 cm³/mol. The Bertz CT molecular complexity index is 1210. The molecule has 1 amide bonds. The summed E-state index contributed by atoms with van der Waals surface area (Å²) in [5, 5.41) is 11.9. The Balaban J connectivity index is 1.86. The van der Waals surface area contributed by atoms with Crippen molar-refractivity contribution in [3.8, 4) is 0 Å². The SMILES string of the molecule is CCC(=C(c1ccc(C=CC(=O)O)cc1)c1ccc2c(c1)CCC(=O)N2)c1ccccc1. The van der Waals surface area contributed by atoms with Crippen LogP contribution in [0.5, 0.6) is 0 Å². The zero-order valence-corrected chi connectivity index (χ0v) is 18.0. The number of carboxylic acid groups (broad SMARTS) is 1. The van der Waals surface area contributed by atoms with E-state index in [1.54, 1.807) is 6.08 Å². The highest BCUT2D eigenvalue weighted by atomic mass is 16.4. The van der Waals surface area contributed by atoms with E-state index >= 15 is 0 Å². The lowest BCUT2D eigenvalue weighted by Crippen LogP contribution is -2.19. The molecule has 3 aromatic rings. The number of hydrogen-bond acceptors (Lipinski definition) is 2. The summed E-state index contributed by atoms with van der Waals surface area (Å²) in [6.07, 6.45) is 4.82. The first-order chi connectivity index (χ1) is 15.5. The second-order valence-electron chi connectivity index (χ2n) is 7.79. The average molecular weight is 424 g/mol. The number of aliphatic carboxylic acids is 1. The van der Waals surface area contributed by atoms with Crippen LogP contribution >= 0.6 is 0 Å². The summed E-state index contributed by atoms with van der Waals surface area (Å²) < 4.78 is 0. The number of amides is 1. The monoisotopic (exact) mass is 423 g/mol. The van der Waals surface area contributed by atoms with Crippen LogP contribution in [0.15, 0.2) is 78.9 Å². The van der Waals surface area contributed by atoms with Crippen molar-refractivity contribution in [1.82, 2.24) is 0 Å². The third kappa shape index (κ3) is 4.70. The summed E-state index contributed by atoms with van der Waals surface area (Å²) in [6, 6.07) is 24.5. The standard InChI is InChI=1S/C28H25NO3/c1-2-24(20-6-4-3-5-7-20)28(21-11-8-19(9-12-21)10-17-27(31)32)23-13-15-25-22(18-23)14-16-26(30)29-25/h3-13,15,17-18H,2,14,16H2,1H3,(H,29,30)(H,31,32). The van der Waals surface area contributed by atoms with E-state index in [1.807, 2.05) is 48.5 Å². The molecule has 3 aromatic carbocycles. The van der Waals surface area contributed by atoms with Crippen molar-refractivity contribution in [1.29, 1.82) is 0 Å². The topological polar surface area (TPSA) is 66.4 Å². The van der Waals surface area contributed by atoms with Crippen molar-refractivity contribution < 1.29 is 14.7 Å². The van der Waals surface area contributed by atoms with Gasteiger partial charge in [0.25, 0.3) is 0 Å². The van der Waals surface area contributed by atoms with Gasteiger partial charge < -0.3 is 10.4 Å². The van der Waals surface area contributed by atoms with Gasteiger partial charge in [-0.2, -0.15) is 0 Å². The maximum absolute atomic E-state index is 11.8. The Morgan fingerprint density at radius 1 is 0.938 bits per heavy atom. The normalized spacial score (nSPS) is 14.0. The van der Waals surface area contributed by atoms with Gasteiger partial charge in [-0.15, -0.1) is 0 Å². The molecule has 1 aliphatic heterocycles. The summed E-state index contributed by atoms with van der Waals surface area (Å²) in [4.78, 5) is 22.6. The van der Waals surface area contributed by atoms with Gasteiger partial charge in [-0.1, -0.05) is 67.6 Å². The number of nitrogens with one attached hydrogen (secondary N) is 1. The van der Waals surface area contributed by atoms with Crippen LogP contribution in [0.4, 0.5) is 5.69 Å². The van der Waals surface area contributed by atoms with Crippen molar-refractivity contribution in [2.24, 2.45) is 0 Å². The lowest BCUT2D eigenvalue weighted by atomic mass is 9.86. The lowest BCUT2D eigenvalue weighted by molar-refractivity contribution is -0.131. The minimum Gasteiger partial charge on any atom is -0.478 e. The number of benzene rings is 3. The van der Waals surface area contributed by atoms with Crippen molar-refractivity contribution in [3.05, 3.63) is 107 Å². The maximum atomic E-state index is 11.8. The van der Waals surface area contributed by atoms with E-state index in [-0.39, 0.29) is 5.91 Å². The molecule has 0 bridgehead atoms. The van der Waals surface area contributed by atoms with Crippen molar-refractivity contribution in [2.45, 2.75) is 26.2 Å². The zero-order valence-electron chi connectivity index (χ0n) is 18.0. The molecule has 0 radical (unpaired) electrons. The molecule has 4 heteroatoms. The highest BCUT2D eigenvalue weighted by molar-refractivity contribution is 6.00. The summed E-state index contributed by atoms with van der Waals surface area (Å²) in [6.45, 7) is 2.16. The fourth-order valence-corrected chi connectivity index (χ4v) is 4.15. The van der Waals surface area contributed by atoms with E-state index in [2.05, 4.69) is 36.5 Å². The van der Waals surface area contributed by atoms with Gasteiger partial charge in [0, 0.05) is 18.2 Å². The Morgan fingerprint density at radius 2 is 1.66 bits per heavy atom. The third-order valence-electron chi connectivity index (χ3n) is 5.68. The first-order valence-electron chi connectivity index (χ1n) is 10.8. The van der Waals surface area contributed by atoms with Crippen molar-refractivity contribution >= 4 is 34.8 Å². The summed E-state index contributed by atoms with van der Waals surface area (Å²) in [5.74, 6) is -0.905. The molecule has 0 spiro atoms. The molecular weight excluding hydrogens is 398 g/mol. The molecule has 0 aliphatic carbocycles. The molecule has 2 N–H and O–H groups in total. The van der Waals surface area contributed by atoms with Gasteiger partial charge in [0.15, 0.2) is 0 Å². The summed E-state index contributed by atoms with van der Waals surface area (Å²) in [7, 11) is 0. The van der Waals surface area contributed by atoms with E-state index < -0.39 is 5.97 Å². The van der Waals surface area contributed by atoms with Gasteiger partial charge in [-0.25, -0.2) is 4.79 Å². The third-order valence-corrected chi connectivity index (χ3v) is 5.68. The predicted octanol–water partition coefficient (Wildman–Crippen LogP) is 6.04. The molecule has 0 saturated heterocycles. The molecule has 0 fully saturated rings. The van der Waals surface area contributed by atoms with Gasteiger partial charge in [-0.05, 0) is 70.0 Å². The second kappa shape index (κ2) is 9.48.